The fourth-order valence-electron chi connectivity index (χ4n) is 3.47. The summed E-state index contributed by atoms with van der Waals surface area (Å²) in [5.74, 6) is 0.810. The van der Waals surface area contributed by atoms with Crippen LogP contribution in [0.5, 0.6) is 0 Å². The van der Waals surface area contributed by atoms with Crippen LogP contribution < -0.4 is 11.0 Å². The zero-order chi connectivity index (χ0) is 30.2. The fraction of sp³-hybridized carbons (Fsp3) is 0.0952. The van der Waals surface area contributed by atoms with E-state index in [1.165, 1.54) is 23.9 Å². The van der Waals surface area contributed by atoms with Crippen LogP contribution in [0.4, 0.5) is 23.0 Å². The number of anilines is 2. The first kappa shape index (κ1) is 30.2. The summed E-state index contributed by atoms with van der Waals surface area (Å²) in [4.78, 5) is 19.0. The van der Waals surface area contributed by atoms with E-state index in [-0.39, 0.29) is 22.5 Å². The highest BCUT2D eigenvalue weighted by Gasteiger charge is 2.25. The molecule has 5 N–H and O–H groups in total. The molecule has 41 heavy (non-hydrogen) atoms. The monoisotopic (exact) mass is 642 g/mol. The average molecular weight is 643 g/mol. The first-order valence-electron chi connectivity index (χ1n) is 11.0. The van der Waals surface area contributed by atoms with Crippen LogP contribution >= 0.6 is 11.8 Å². The fourth-order valence-corrected chi connectivity index (χ4v) is 6.08. The van der Waals surface area contributed by atoms with Gasteiger partial charge in [0.25, 0.3) is 30.4 Å². The van der Waals surface area contributed by atoms with E-state index in [0.29, 0.717) is 23.6 Å². The summed E-state index contributed by atoms with van der Waals surface area (Å²) in [5, 5.41) is 9.84. The minimum atomic E-state index is -5.16. The number of aromatic nitrogens is 3. The van der Waals surface area contributed by atoms with Gasteiger partial charge in [0, 0.05) is 16.5 Å². The van der Waals surface area contributed by atoms with Crippen molar-refractivity contribution in [3.8, 4) is 0 Å². The molecule has 0 saturated heterocycles. The highest BCUT2D eigenvalue weighted by molar-refractivity contribution is 7.99. The van der Waals surface area contributed by atoms with Crippen LogP contribution in [0.15, 0.2) is 83.4 Å². The maximum Gasteiger partial charge on any atom is 0.350 e. The van der Waals surface area contributed by atoms with Gasteiger partial charge in [-0.2, -0.15) is 45.4 Å². The van der Waals surface area contributed by atoms with E-state index in [1.54, 1.807) is 12.1 Å². The number of nitrogens with one attached hydrogen (secondary N) is 2. The molecular weight excluding hydrogens is 625 g/mol. The number of aromatic amines is 1. The van der Waals surface area contributed by atoms with Gasteiger partial charge in [-0.15, -0.1) is 0 Å². The Labute approximate surface area is 236 Å². The van der Waals surface area contributed by atoms with E-state index < -0.39 is 61.5 Å². The predicted octanol–water partition coefficient (Wildman–Crippen LogP) is 3.33. The molecule has 0 unspecified atom stereocenters. The normalized spacial score (nSPS) is 12.7. The topological polar surface area (TPSA) is 258 Å². The van der Waals surface area contributed by atoms with Crippen molar-refractivity contribution < 1.29 is 38.9 Å². The lowest BCUT2D eigenvalue weighted by molar-refractivity contribution is 0.478. The van der Waals surface area contributed by atoms with E-state index in [0.717, 1.165) is 12.1 Å². The summed E-state index contributed by atoms with van der Waals surface area (Å²) < 4.78 is 100. The minimum absolute atomic E-state index is 0.149. The maximum absolute atomic E-state index is 12.1. The van der Waals surface area contributed by atoms with Crippen molar-refractivity contribution in [2.24, 2.45) is 10.2 Å². The molecule has 20 heteroatoms. The first-order valence-corrected chi connectivity index (χ1v) is 16.3. The Morgan fingerprint density at radius 1 is 0.805 bits per heavy atom. The van der Waals surface area contributed by atoms with Crippen molar-refractivity contribution in [1.82, 2.24) is 15.0 Å². The summed E-state index contributed by atoms with van der Waals surface area (Å²) in [5.41, 5.74) is -0.150. The van der Waals surface area contributed by atoms with Gasteiger partial charge in [-0.05, 0) is 54.3 Å². The van der Waals surface area contributed by atoms with Gasteiger partial charge in [-0.25, -0.2) is 4.79 Å². The third-order valence-corrected chi connectivity index (χ3v) is 8.47. The van der Waals surface area contributed by atoms with Crippen LogP contribution in [0.25, 0.3) is 10.8 Å². The Kier molecular flexibility index (Phi) is 8.27. The molecule has 0 aliphatic carbocycles. The van der Waals surface area contributed by atoms with Crippen molar-refractivity contribution >= 4 is 75.9 Å². The molecule has 0 aliphatic heterocycles. The highest BCUT2D eigenvalue weighted by Crippen LogP contribution is 2.36. The van der Waals surface area contributed by atoms with Crippen LogP contribution in [-0.2, 0) is 30.4 Å². The van der Waals surface area contributed by atoms with Gasteiger partial charge in [0.15, 0.2) is 5.16 Å². The Hall–Kier alpha value is -3.79. The van der Waals surface area contributed by atoms with Crippen molar-refractivity contribution in [3.05, 3.63) is 59.0 Å². The molecule has 0 fully saturated rings. The van der Waals surface area contributed by atoms with Gasteiger partial charge in [0.2, 0.25) is 5.95 Å². The minimum Gasteiger partial charge on any atom is -0.326 e. The molecule has 0 spiro atoms. The quantitative estimate of drug-likeness (QED) is 0.0996. The number of rotatable bonds is 9. The number of hydrogen-bond donors (Lipinski definition) is 5. The molecule has 0 bridgehead atoms. The van der Waals surface area contributed by atoms with Crippen molar-refractivity contribution in [2.75, 3.05) is 11.1 Å². The van der Waals surface area contributed by atoms with Crippen molar-refractivity contribution in [3.63, 3.8) is 0 Å². The van der Waals surface area contributed by atoms with Gasteiger partial charge in [-0.1, -0.05) is 18.7 Å². The molecule has 0 atom stereocenters. The summed E-state index contributed by atoms with van der Waals surface area (Å²) in [7, 11) is -15.3. The Balaban J connectivity index is 1.73. The largest absolute Gasteiger partial charge is 0.350 e. The van der Waals surface area contributed by atoms with E-state index in [9.17, 15) is 43.7 Å². The second-order valence-corrected chi connectivity index (χ2v) is 13.4. The zero-order valence-corrected chi connectivity index (χ0v) is 23.7. The number of fused-ring (bicyclic) bond motifs is 1. The van der Waals surface area contributed by atoms with Crippen LogP contribution in [0.1, 0.15) is 6.92 Å². The lowest BCUT2D eigenvalue weighted by atomic mass is 10.1. The first-order chi connectivity index (χ1) is 19.0. The molecule has 1 aromatic heterocycles. The second-order valence-electron chi connectivity index (χ2n) is 7.98. The molecule has 216 valence electrons. The van der Waals surface area contributed by atoms with Crippen molar-refractivity contribution in [1.29, 1.82) is 0 Å². The molecule has 4 aromatic rings. The van der Waals surface area contributed by atoms with Gasteiger partial charge >= 0.3 is 5.69 Å². The van der Waals surface area contributed by atoms with E-state index in [4.69, 9.17) is 0 Å². The molecule has 16 nitrogen and oxygen atoms in total. The third-order valence-electron chi connectivity index (χ3n) is 5.12. The number of benzene rings is 3. The maximum atomic E-state index is 12.1. The predicted molar refractivity (Wildman–Crippen MR) is 146 cm³/mol. The molecule has 4 rings (SSSR count). The Bertz CT molecular complexity index is 2080. The third kappa shape index (κ3) is 7.30. The van der Waals surface area contributed by atoms with E-state index in [1.807, 2.05) is 6.92 Å². The lowest BCUT2D eigenvalue weighted by Gasteiger charge is -2.11. The summed E-state index contributed by atoms with van der Waals surface area (Å²) in [6.45, 7) is 1.88. The van der Waals surface area contributed by atoms with Gasteiger partial charge < -0.3 is 5.32 Å². The second kappa shape index (κ2) is 11.2. The zero-order valence-electron chi connectivity index (χ0n) is 20.4. The number of hydrogen-bond acceptors (Lipinski definition) is 13. The molecule has 0 amide bonds. The van der Waals surface area contributed by atoms with Gasteiger partial charge in [0.05, 0.1) is 16.3 Å². The van der Waals surface area contributed by atoms with Crippen molar-refractivity contribution in [2.45, 2.75) is 26.8 Å². The number of nitrogens with zero attached hydrogens (tertiary/aromatic N) is 4. The highest BCUT2D eigenvalue weighted by atomic mass is 32.2. The van der Waals surface area contributed by atoms with Crippen LogP contribution in [0.2, 0.25) is 0 Å². The van der Waals surface area contributed by atoms with Crippen LogP contribution in [0.3, 0.4) is 0 Å². The van der Waals surface area contributed by atoms with Gasteiger partial charge in [-0.3, -0.25) is 18.6 Å². The molecule has 3 aromatic carbocycles. The number of azo groups is 1. The Morgan fingerprint density at radius 2 is 1.39 bits per heavy atom. The van der Waals surface area contributed by atoms with E-state index >= 15 is 0 Å². The molecule has 0 radical (unpaired) electrons. The molecular formula is C21H18N6O10S4. The Morgan fingerprint density at radius 3 is 1.98 bits per heavy atom. The summed E-state index contributed by atoms with van der Waals surface area (Å²) >= 11 is 1.28. The number of thioether (sulfide) groups is 1. The number of H-pyrrole nitrogens is 1. The molecule has 0 saturated carbocycles. The van der Waals surface area contributed by atoms with Gasteiger partial charge in [0.1, 0.15) is 9.79 Å². The smallest absolute Gasteiger partial charge is 0.326 e. The van der Waals surface area contributed by atoms with Crippen LogP contribution in [-0.4, -0.2) is 59.6 Å². The standard InChI is InChI=1S/C21H18N6O10S4/c1-2-38-21-24-19(23-20(28)25-21)22-11-3-5-12(6-4-11)26-27-13-7-15-16(17(8-13)40(32,33)34)9-14(39(29,30)31)10-18(15)41(35,36)37/h3-10H,2H2,1H3,(H,29,30,31)(H,32,33,34)(H,35,36,37)(H2,22,23,24,25,28). The van der Waals surface area contributed by atoms with Crippen LogP contribution in [0, 0.1) is 0 Å². The van der Waals surface area contributed by atoms with E-state index in [2.05, 4.69) is 30.5 Å². The lowest BCUT2D eigenvalue weighted by Crippen LogP contribution is -2.15. The summed E-state index contributed by atoms with van der Waals surface area (Å²) in [6, 6.07) is 8.89. The SMILES string of the molecule is CCSc1nc(Nc2ccc(N=Nc3cc(S(=O)(=O)O)c4cc(S(=O)(=O)O)cc(S(=O)(=O)O)c4c3)cc2)[nH]c(=O)n1. The summed E-state index contributed by atoms with van der Waals surface area (Å²) in [6.07, 6.45) is 0. The molecule has 1 heterocycles. The molecule has 0 aliphatic rings. The average Bonchev–Trinajstić information content (AvgIpc) is 2.85.